The van der Waals surface area contributed by atoms with Gasteiger partial charge in [0.05, 0.1) is 11.3 Å². The number of nitrogens with one attached hydrogen (secondary N) is 1. The van der Waals surface area contributed by atoms with Crippen molar-refractivity contribution in [2.45, 2.75) is 6.92 Å². The Morgan fingerprint density at radius 3 is 2.56 bits per heavy atom. The van der Waals surface area contributed by atoms with Crippen LogP contribution >= 0.6 is 11.6 Å². The van der Waals surface area contributed by atoms with Crippen molar-refractivity contribution in [3.8, 4) is 12.1 Å². The molecule has 1 aromatic carbocycles. The van der Waals surface area contributed by atoms with Crippen LogP contribution < -0.4 is 5.32 Å². The molecule has 0 aliphatic rings. The van der Waals surface area contributed by atoms with Crippen molar-refractivity contribution in [3.05, 3.63) is 40.1 Å². The maximum Gasteiger partial charge on any atom is 0.337 e. The molecule has 0 amide bonds. The van der Waals surface area contributed by atoms with Gasteiger partial charge in [-0.2, -0.15) is 10.5 Å². The minimum atomic E-state index is -1.12. The van der Waals surface area contributed by atoms with E-state index in [0.717, 1.165) is 6.20 Å². The highest BCUT2D eigenvalue weighted by Gasteiger charge is 2.13. The fourth-order valence-electron chi connectivity index (χ4n) is 1.28. The van der Waals surface area contributed by atoms with Crippen molar-refractivity contribution >= 4 is 23.3 Å². The molecule has 2 N–H and O–H groups in total. The highest BCUT2D eigenvalue weighted by Crippen LogP contribution is 2.27. The average Bonchev–Trinajstić information content (AvgIpc) is 2.35. The standard InChI is InChI=1S/C12H8ClN3O2/c1-7-10(13)3-2-9(12(17)18)11(7)16-6-8(4-14)5-15/h2-3,6,16H,1H3,(H,17,18). The van der Waals surface area contributed by atoms with Crippen LogP contribution in [-0.2, 0) is 0 Å². The Labute approximate surface area is 109 Å². The number of nitrogens with zero attached hydrogens (tertiary/aromatic N) is 2. The Balaban J connectivity index is 3.28. The lowest BCUT2D eigenvalue weighted by Crippen LogP contribution is -2.04. The molecule has 0 fully saturated rings. The van der Waals surface area contributed by atoms with Crippen LogP contribution in [0, 0.1) is 29.6 Å². The maximum absolute atomic E-state index is 11.0. The summed E-state index contributed by atoms with van der Waals surface area (Å²) in [7, 11) is 0. The largest absolute Gasteiger partial charge is 0.478 e. The SMILES string of the molecule is Cc1c(Cl)ccc(C(=O)O)c1NC=C(C#N)C#N. The second-order valence-electron chi connectivity index (χ2n) is 3.33. The number of nitriles is 2. The summed E-state index contributed by atoms with van der Waals surface area (Å²) < 4.78 is 0. The summed E-state index contributed by atoms with van der Waals surface area (Å²) >= 11 is 5.89. The second-order valence-corrected chi connectivity index (χ2v) is 3.73. The summed E-state index contributed by atoms with van der Waals surface area (Å²) in [4.78, 5) is 11.0. The van der Waals surface area contributed by atoms with E-state index in [1.807, 2.05) is 0 Å². The molecule has 18 heavy (non-hydrogen) atoms. The Morgan fingerprint density at radius 2 is 2.06 bits per heavy atom. The van der Waals surface area contributed by atoms with Gasteiger partial charge in [0, 0.05) is 11.2 Å². The number of hydrogen-bond donors (Lipinski definition) is 2. The van der Waals surface area contributed by atoms with E-state index in [-0.39, 0.29) is 16.8 Å². The molecular formula is C12H8ClN3O2. The van der Waals surface area contributed by atoms with E-state index in [4.69, 9.17) is 27.2 Å². The highest BCUT2D eigenvalue weighted by molar-refractivity contribution is 6.32. The molecule has 0 aliphatic carbocycles. The lowest BCUT2D eigenvalue weighted by molar-refractivity contribution is 0.0698. The topological polar surface area (TPSA) is 96.9 Å². The lowest BCUT2D eigenvalue weighted by atomic mass is 10.1. The number of carboxylic acids is 1. The minimum Gasteiger partial charge on any atom is -0.478 e. The Kier molecular flexibility index (Phi) is 4.31. The van der Waals surface area contributed by atoms with E-state index in [2.05, 4.69) is 5.32 Å². The summed E-state index contributed by atoms with van der Waals surface area (Å²) in [6.07, 6.45) is 1.14. The molecule has 90 valence electrons. The number of rotatable bonds is 3. The average molecular weight is 262 g/mol. The van der Waals surface area contributed by atoms with Crippen LogP contribution in [0.15, 0.2) is 23.9 Å². The van der Waals surface area contributed by atoms with Crippen LogP contribution in [0.25, 0.3) is 0 Å². The molecule has 0 atom stereocenters. The first-order chi connectivity index (χ1) is 8.51. The van der Waals surface area contributed by atoms with Gasteiger partial charge >= 0.3 is 5.97 Å². The van der Waals surface area contributed by atoms with E-state index < -0.39 is 5.97 Å². The van der Waals surface area contributed by atoms with Gasteiger partial charge in [0.2, 0.25) is 0 Å². The van der Waals surface area contributed by atoms with E-state index in [9.17, 15) is 4.79 Å². The molecule has 0 saturated heterocycles. The van der Waals surface area contributed by atoms with Crippen LogP contribution in [0.1, 0.15) is 15.9 Å². The predicted molar refractivity (Wildman–Crippen MR) is 66.1 cm³/mol. The fourth-order valence-corrected chi connectivity index (χ4v) is 1.44. The maximum atomic E-state index is 11.0. The van der Waals surface area contributed by atoms with Gasteiger partial charge in [-0.05, 0) is 24.6 Å². The molecule has 6 heteroatoms. The van der Waals surface area contributed by atoms with Gasteiger partial charge in [0.1, 0.15) is 17.7 Å². The highest BCUT2D eigenvalue weighted by atomic mass is 35.5. The molecule has 0 unspecified atom stereocenters. The lowest BCUT2D eigenvalue weighted by Gasteiger charge is -2.10. The summed E-state index contributed by atoms with van der Waals surface area (Å²) in [5, 5.41) is 29.2. The smallest absolute Gasteiger partial charge is 0.337 e. The van der Waals surface area contributed by atoms with Crippen LogP contribution in [0.3, 0.4) is 0 Å². The fraction of sp³-hybridized carbons (Fsp3) is 0.0833. The second kappa shape index (κ2) is 5.72. The molecule has 0 bridgehead atoms. The number of hydrogen-bond acceptors (Lipinski definition) is 4. The van der Waals surface area contributed by atoms with Crippen molar-refractivity contribution in [2.24, 2.45) is 0 Å². The molecule has 0 heterocycles. The first kappa shape index (κ1) is 13.6. The molecular weight excluding hydrogens is 254 g/mol. The third-order valence-corrected chi connectivity index (χ3v) is 2.64. The predicted octanol–water partition coefficient (Wildman–Crippen LogP) is 2.69. The number of carboxylic acid groups (broad SMARTS) is 1. The number of halogens is 1. The Bertz CT molecular complexity index is 593. The third kappa shape index (κ3) is 2.79. The molecule has 1 rings (SSSR count). The van der Waals surface area contributed by atoms with Gasteiger partial charge in [-0.1, -0.05) is 11.6 Å². The van der Waals surface area contributed by atoms with Crippen molar-refractivity contribution in [1.82, 2.24) is 0 Å². The van der Waals surface area contributed by atoms with E-state index in [1.165, 1.54) is 12.1 Å². The molecule has 1 aromatic rings. The van der Waals surface area contributed by atoms with Crippen molar-refractivity contribution in [3.63, 3.8) is 0 Å². The summed E-state index contributed by atoms with van der Waals surface area (Å²) in [5.41, 5.74) is 0.648. The van der Waals surface area contributed by atoms with Crippen molar-refractivity contribution in [1.29, 1.82) is 10.5 Å². The monoisotopic (exact) mass is 261 g/mol. The van der Waals surface area contributed by atoms with Gasteiger partial charge < -0.3 is 10.4 Å². The van der Waals surface area contributed by atoms with Crippen molar-refractivity contribution in [2.75, 3.05) is 5.32 Å². The summed E-state index contributed by atoms with van der Waals surface area (Å²) in [5.74, 6) is -1.12. The quantitative estimate of drug-likeness (QED) is 0.815. The number of carbonyl (C=O) groups is 1. The van der Waals surface area contributed by atoms with Gasteiger partial charge in [0.25, 0.3) is 0 Å². The van der Waals surface area contributed by atoms with E-state index in [0.29, 0.717) is 10.6 Å². The van der Waals surface area contributed by atoms with Gasteiger partial charge in [-0.25, -0.2) is 4.79 Å². The third-order valence-electron chi connectivity index (χ3n) is 2.23. The minimum absolute atomic E-state index is 0.0170. The molecule has 0 aromatic heterocycles. The summed E-state index contributed by atoms with van der Waals surface area (Å²) in [6, 6.07) is 6.15. The van der Waals surface area contributed by atoms with Gasteiger partial charge in [-0.3, -0.25) is 0 Å². The summed E-state index contributed by atoms with van der Waals surface area (Å²) in [6.45, 7) is 1.64. The van der Waals surface area contributed by atoms with Crippen LogP contribution in [0.5, 0.6) is 0 Å². The van der Waals surface area contributed by atoms with Gasteiger partial charge in [-0.15, -0.1) is 0 Å². The van der Waals surface area contributed by atoms with Crippen molar-refractivity contribution < 1.29 is 9.90 Å². The Morgan fingerprint density at radius 1 is 1.44 bits per heavy atom. The van der Waals surface area contributed by atoms with Crippen LogP contribution in [0.2, 0.25) is 5.02 Å². The van der Waals surface area contributed by atoms with E-state index in [1.54, 1.807) is 19.1 Å². The molecule has 0 saturated carbocycles. The molecule has 0 spiro atoms. The number of allylic oxidation sites excluding steroid dienone is 1. The first-order valence-corrected chi connectivity index (χ1v) is 5.18. The van der Waals surface area contributed by atoms with Crippen LogP contribution in [-0.4, -0.2) is 11.1 Å². The number of benzene rings is 1. The zero-order valence-corrected chi connectivity index (χ0v) is 10.1. The zero-order valence-electron chi connectivity index (χ0n) is 9.36. The molecule has 5 nitrogen and oxygen atoms in total. The Hall–Kier alpha value is -2.50. The van der Waals surface area contributed by atoms with E-state index >= 15 is 0 Å². The van der Waals surface area contributed by atoms with Crippen LogP contribution in [0.4, 0.5) is 5.69 Å². The van der Waals surface area contributed by atoms with Gasteiger partial charge in [0.15, 0.2) is 0 Å². The first-order valence-electron chi connectivity index (χ1n) is 4.80. The zero-order chi connectivity index (χ0) is 13.7. The molecule has 0 radical (unpaired) electrons. The number of anilines is 1. The number of aromatic carboxylic acids is 1. The molecule has 0 aliphatic heterocycles. The normalized spacial score (nSPS) is 8.89.